The normalized spacial score (nSPS) is 17.6. The minimum atomic E-state index is -3.48. The van der Waals surface area contributed by atoms with Gasteiger partial charge in [0.05, 0.1) is 18.1 Å². The Morgan fingerprint density at radius 2 is 2.03 bits per heavy atom. The monoisotopic (exact) mass is 467 g/mol. The molecule has 0 aliphatic carbocycles. The molecule has 0 amide bonds. The summed E-state index contributed by atoms with van der Waals surface area (Å²) in [4.78, 5) is 14.5. The van der Waals surface area contributed by atoms with Crippen LogP contribution in [0.5, 0.6) is 0 Å². The van der Waals surface area contributed by atoms with Crippen molar-refractivity contribution in [1.82, 2.24) is 29.3 Å². The van der Waals surface area contributed by atoms with Gasteiger partial charge in [0.1, 0.15) is 29.4 Å². The van der Waals surface area contributed by atoms with Crippen molar-refractivity contribution in [2.75, 3.05) is 30.8 Å². The molecule has 4 heterocycles. The van der Waals surface area contributed by atoms with Gasteiger partial charge in [0.25, 0.3) is 6.43 Å². The highest BCUT2D eigenvalue weighted by molar-refractivity contribution is 7.88. The van der Waals surface area contributed by atoms with E-state index in [4.69, 9.17) is 0 Å². The molecule has 13 heteroatoms. The number of nitrogens with one attached hydrogen (secondary N) is 1. The molecular weight excluding hydrogens is 447 g/mol. The Hall–Kier alpha value is -3.06. The second-order valence-electron chi connectivity index (χ2n) is 7.56. The van der Waals surface area contributed by atoms with Gasteiger partial charge in [0.2, 0.25) is 10.0 Å². The fourth-order valence-corrected chi connectivity index (χ4v) is 3.94. The topological polar surface area (TPSA) is 105 Å². The van der Waals surface area contributed by atoms with Gasteiger partial charge in [-0.25, -0.2) is 45.8 Å². The molecule has 170 valence electrons. The Bertz CT molecular complexity index is 1290. The van der Waals surface area contributed by atoms with Crippen LogP contribution in [0, 0.1) is 5.92 Å². The lowest BCUT2D eigenvalue weighted by Gasteiger charge is -2.33. The first kappa shape index (κ1) is 22.1. The number of halogens is 3. The quantitative estimate of drug-likeness (QED) is 0.593. The minimum absolute atomic E-state index is 0.135. The first-order valence-electron chi connectivity index (χ1n) is 9.64. The molecule has 0 fully saturated rings. The van der Waals surface area contributed by atoms with Gasteiger partial charge in [-0.15, -0.1) is 0 Å². The number of anilines is 1. The Balaban J connectivity index is 1.65. The number of rotatable bonds is 6. The number of sulfonamides is 1. The summed E-state index contributed by atoms with van der Waals surface area (Å²) in [6.45, 7) is 2.02. The largest absolute Gasteiger partial charge is 0.352 e. The number of hydrogen-bond donors (Lipinski definition) is 1. The highest BCUT2D eigenvalue weighted by Gasteiger charge is 2.27. The average molecular weight is 467 g/mol. The van der Waals surface area contributed by atoms with Crippen LogP contribution in [0.1, 0.15) is 19.0 Å². The van der Waals surface area contributed by atoms with Crippen LogP contribution in [0.3, 0.4) is 0 Å². The lowest BCUT2D eigenvalue weighted by atomic mass is 10.00. The van der Waals surface area contributed by atoms with E-state index in [0.717, 1.165) is 6.26 Å². The molecule has 1 N–H and O–H groups in total. The van der Waals surface area contributed by atoms with E-state index < -0.39 is 22.4 Å². The molecule has 9 nitrogen and oxygen atoms in total. The number of nitrogens with zero attached hydrogens (tertiary/aromatic N) is 6. The summed E-state index contributed by atoms with van der Waals surface area (Å²) in [6.07, 6.45) is 1.07. The van der Waals surface area contributed by atoms with Crippen LogP contribution in [0.15, 0.2) is 42.1 Å². The highest BCUT2D eigenvalue weighted by atomic mass is 32.2. The van der Waals surface area contributed by atoms with E-state index in [1.165, 1.54) is 29.2 Å². The van der Waals surface area contributed by atoms with Crippen LogP contribution >= 0.6 is 0 Å². The van der Waals surface area contributed by atoms with Crippen LogP contribution in [0.4, 0.5) is 19.0 Å². The van der Waals surface area contributed by atoms with Crippen molar-refractivity contribution in [2.45, 2.75) is 13.3 Å². The smallest absolute Gasteiger partial charge is 0.282 e. The number of hydrogen-bond acceptors (Lipinski definition) is 7. The third-order valence-electron chi connectivity index (χ3n) is 5.04. The standard InChI is InChI=1S/C19H20F3N7O2S/c1-11-8-28(9-12(18(11)20)6-26-32(2,30)31)17-5-14(24-10-25-17)15-7-23-16-4-3-13(19(21)22)27-29(15)16/h3-5,7,10-11,19,26H,6,8-9H2,1-2H3. The molecule has 4 rings (SSSR count). The summed E-state index contributed by atoms with van der Waals surface area (Å²) < 4.78 is 67.2. The van der Waals surface area contributed by atoms with Crippen molar-refractivity contribution in [3.05, 3.63) is 47.8 Å². The van der Waals surface area contributed by atoms with Gasteiger partial charge in [0.15, 0.2) is 5.65 Å². The molecule has 3 aromatic rings. The van der Waals surface area contributed by atoms with E-state index in [2.05, 4.69) is 24.8 Å². The molecule has 1 unspecified atom stereocenters. The fraction of sp³-hybridized carbons (Fsp3) is 0.368. The summed E-state index contributed by atoms with van der Waals surface area (Å²) in [7, 11) is -3.48. The maximum atomic E-state index is 14.6. The second-order valence-corrected chi connectivity index (χ2v) is 9.39. The molecule has 0 aromatic carbocycles. The highest BCUT2D eigenvalue weighted by Crippen LogP contribution is 2.29. The van der Waals surface area contributed by atoms with E-state index in [-0.39, 0.29) is 24.6 Å². The number of fused-ring (bicyclic) bond motifs is 1. The molecule has 0 spiro atoms. The van der Waals surface area contributed by atoms with Gasteiger partial charge in [0, 0.05) is 31.6 Å². The maximum Gasteiger partial charge on any atom is 0.282 e. The predicted molar refractivity (Wildman–Crippen MR) is 111 cm³/mol. The van der Waals surface area contributed by atoms with Crippen LogP contribution in [0.2, 0.25) is 0 Å². The Morgan fingerprint density at radius 3 is 2.75 bits per heavy atom. The molecule has 0 saturated heterocycles. The zero-order valence-corrected chi connectivity index (χ0v) is 18.0. The molecule has 32 heavy (non-hydrogen) atoms. The van der Waals surface area contributed by atoms with Gasteiger partial charge in [-0.3, -0.25) is 0 Å². The zero-order valence-electron chi connectivity index (χ0n) is 17.2. The molecule has 1 aliphatic heterocycles. The molecule has 3 aromatic heterocycles. The predicted octanol–water partition coefficient (Wildman–Crippen LogP) is 2.35. The average Bonchev–Trinajstić information content (AvgIpc) is 3.17. The summed E-state index contributed by atoms with van der Waals surface area (Å²) in [5.41, 5.74) is 1.11. The summed E-state index contributed by atoms with van der Waals surface area (Å²) in [5, 5.41) is 3.94. The number of alkyl halides is 2. The van der Waals surface area contributed by atoms with Gasteiger partial charge >= 0.3 is 0 Å². The number of aromatic nitrogens is 5. The van der Waals surface area contributed by atoms with Crippen LogP contribution < -0.4 is 9.62 Å². The zero-order chi connectivity index (χ0) is 23.0. The molecule has 0 saturated carbocycles. The fourth-order valence-electron chi connectivity index (χ4n) is 3.50. The summed E-state index contributed by atoms with van der Waals surface area (Å²) in [6, 6.07) is 4.29. The van der Waals surface area contributed by atoms with Crippen molar-refractivity contribution in [3.8, 4) is 11.4 Å². The van der Waals surface area contributed by atoms with Gasteiger partial charge < -0.3 is 4.90 Å². The van der Waals surface area contributed by atoms with Crippen molar-refractivity contribution in [2.24, 2.45) is 5.92 Å². The first-order valence-corrected chi connectivity index (χ1v) is 11.5. The van der Waals surface area contributed by atoms with Gasteiger partial charge in [-0.05, 0) is 17.7 Å². The SMILES string of the molecule is CC1CN(c2cc(-c3cnc4ccc(C(F)F)nn34)ncn2)CC(CNS(C)(=O)=O)=C1F. The van der Waals surface area contributed by atoms with Crippen molar-refractivity contribution in [3.63, 3.8) is 0 Å². The summed E-state index contributed by atoms with van der Waals surface area (Å²) in [5.74, 6) is -0.340. The lowest BCUT2D eigenvalue weighted by Crippen LogP contribution is -2.39. The Kier molecular flexibility index (Phi) is 5.86. The van der Waals surface area contributed by atoms with Crippen LogP contribution in [-0.2, 0) is 10.0 Å². The Labute approximate surface area is 182 Å². The summed E-state index contributed by atoms with van der Waals surface area (Å²) >= 11 is 0. The molecular formula is C19H20F3N7O2S. The molecule has 1 aliphatic rings. The van der Waals surface area contributed by atoms with E-state index in [1.807, 2.05) is 0 Å². The van der Waals surface area contributed by atoms with Crippen molar-refractivity contribution in [1.29, 1.82) is 0 Å². The first-order chi connectivity index (χ1) is 15.1. The third-order valence-corrected chi connectivity index (χ3v) is 5.71. The third kappa shape index (κ3) is 4.58. The van der Waals surface area contributed by atoms with E-state index in [0.29, 0.717) is 35.0 Å². The van der Waals surface area contributed by atoms with Crippen molar-refractivity contribution < 1.29 is 21.6 Å². The van der Waals surface area contributed by atoms with Crippen molar-refractivity contribution >= 4 is 21.5 Å². The molecule has 0 bridgehead atoms. The Morgan fingerprint density at radius 1 is 1.25 bits per heavy atom. The maximum absolute atomic E-state index is 14.6. The van der Waals surface area contributed by atoms with E-state index in [9.17, 15) is 21.6 Å². The minimum Gasteiger partial charge on any atom is -0.352 e. The van der Waals surface area contributed by atoms with Crippen LogP contribution in [-0.4, -0.2) is 58.9 Å². The van der Waals surface area contributed by atoms with Gasteiger partial charge in [-0.2, -0.15) is 5.10 Å². The molecule has 0 radical (unpaired) electrons. The van der Waals surface area contributed by atoms with Gasteiger partial charge in [-0.1, -0.05) is 6.92 Å². The molecule has 1 atom stereocenters. The van der Waals surface area contributed by atoms with E-state index in [1.54, 1.807) is 17.9 Å². The lowest BCUT2D eigenvalue weighted by molar-refractivity contribution is 0.144. The van der Waals surface area contributed by atoms with E-state index >= 15 is 0 Å². The van der Waals surface area contributed by atoms with Crippen LogP contribution in [0.25, 0.3) is 17.0 Å². The number of imidazole rings is 1. The second kappa shape index (κ2) is 8.47.